The van der Waals surface area contributed by atoms with Crippen molar-refractivity contribution in [2.45, 2.75) is 0 Å². The van der Waals surface area contributed by atoms with E-state index in [2.05, 4.69) is 10.5 Å². The van der Waals surface area contributed by atoms with E-state index in [1.807, 2.05) is 24.3 Å². The molecule has 98 valence electrons. The number of rotatable bonds is 3. The number of hydrazone groups is 1. The van der Waals surface area contributed by atoms with Crippen molar-refractivity contribution in [1.29, 1.82) is 5.26 Å². The zero-order valence-electron chi connectivity index (χ0n) is 10.4. The molecule has 6 nitrogen and oxygen atoms in total. The third-order valence-electron chi connectivity index (χ3n) is 2.68. The molecule has 1 aliphatic heterocycles. The molecule has 1 heterocycles. The quantitative estimate of drug-likeness (QED) is 0.643. The van der Waals surface area contributed by atoms with E-state index >= 15 is 0 Å². The van der Waals surface area contributed by atoms with E-state index in [0.29, 0.717) is 26.3 Å². The van der Waals surface area contributed by atoms with Crippen LogP contribution in [-0.2, 0) is 9.53 Å². The number of hydrogen-bond acceptors (Lipinski definition) is 5. The van der Waals surface area contributed by atoms with Crippen LogP contribution in [0.4, 0.5) is 5.69 Å². The van der Waals surface area contributed by atoms with Crippen LogP contribution in [0.1, 0.15) is 0 Å². The molecule has 1 amide bonds. The molecule has 1 fully saturated rings. The number of anilines is 1. The standard InChI is InChI=1S/C13H14N4O2/c14-10-12(13(18)17-6-8-19-9-7-17)16-15-11-4-2-1-3-5-11/h1-5,15H,6-9H2/b16-12+. The Balaban J connectivity index is 2.03. The van der Waals surface area contributed by atoms with Gasteiger partial charge in [-0.2, -0.15) is 10.4 Å². The predicted octanol–water partition coefficient (Wildman–Crippen LogP) is 0.837. The van der Waals surface area contributed by atoms with Crippen molar-refractivity contribution in [3.63, 3.8) is 0 Å². The SMILES string of the molecule is N#C/C(=N\Nc1ccccc1)C(=O)N1CCOCC1. The summed E-state index contributed by atoms with van der Waals surface area (Å²) in [6.07, 6.45) is 0. The summed E-state index contributed by atoms with van der Waals surface area (Å²) in [7, 11) is 0. The molecule has 0 spiro atoms. The van der Waals surface area contributed by atoms with Gasteiger partial charge < -0.3 is 9.64 Å². The van der Waals surface area contributed by atoms with Gasteiger partial charge in [-0.05, 0) is 12.1 Å². The first-order valence-corrected chi connectivity index (χ1v) is 5.97. The molecule has 1 aromatic carbocycles. The normalized spacial score (nSPS) is 15.7. The van der Waals surface area contributed by atoms with Crippen molar-refractivity contribution in [3.8, 4) is 6.07 Å². The summed E-state index contributed by atoms with van der Waals surface area (Å²) >= 11 is 0. The second kappa shape index (κ2) is 6.52. The van der Waals surface area contributed by atoms with Crippen LogP contribution >= 0.6 is 0 Å². The number of nitrogens with one attached hydrogen (secondary N) is 1. The zero-order chi connectivity index (χ0) is 13.5. The second-order valence-corrected chi connectivity index (χ2v) is 3.95. The van der Waals surface area contributed by atoms with Gasteiger partial charge in [-0.1, -0.05) is 18.2 Å². The number of para-hydroxylation sites is 1. The molecule has 1 aromatic rings. The first-order chi connectivity index (χ1) is 9.31. The first kappa shape index (κ1) is 13.1. The molecule has 0 aromatic heterocycles. The number of amides is 1. The van der Waals surface area contributed by atoms with Crippen molar-refractivity contribution >= 4 is 17.3 Å². The maximum Gasteiger partial charge on any atom is 0.285 e. The van der Waals surface area contributed by atoms with Crippen LogP contribution < -0.4 is 5.43 Å². The summed E-state index contributed by atoms with van der Waals surface area (Å²) in [5.41, 5.74) is 3.28. The van der Waals surface area contributed by atoms with Gasteiger partial charge in [-0.3, -0.25) is 10.2 Å². The Hall–Kier alpha value is -2.39. The molecule has 19 heavy (non-hydrogen) atoms. The van der Waals surface area contributed by atoms with Crippen LogP contribution in [0.15, 0.2) is 35.4 Å². The van der Waals surface area contributed by atoms with Crippen LogP contribution in [0, 0.1) is 11.3 Å². The Kier molecular flexibility index (Phi) is 4.48. The molecule has 1 N–H and O–H groups in total. The fraction of sp³-hybridized carbons (Fsp3) is 0.308. The van der Waals surface area contributed by atoms with Gasteiger partial charge in [0.15, 0.2) is 0 Å². The highest BCUT2D eigenvalue weighted by molar-refractivity contribution is 6.45. The largest absolute Gasteiger partial charge is 0.378 e. The summed E-state index contributed by atoms with van der Waals surface area (Å²) in [5.74, 6) is -0.366. The molecule has 0 unspecified atom stereocenters. The summed E-state index contributed by atoms with van der Waals surface area (Å²) in [5, 5.41) is 12.9. The number of ether oxygens (including phenoxy) is 1. The first-order valence-electron chi connectivity index (χ1n) is 5.97. The number of benzene rings is 1. The Bertz CT molecular complexity index is 501. The minimum atomic E-state index is -0.366. The van der Waals surface area contributed by atoms with E-state index in [-0.39, 0.29) is 11.6 Å². The lowest BCUT2D eigenvalue weighted by molar-refractivity contribution is -0.127. The van der Waals surface area contributed by atoms with Crippen molar-refractivity contribution in [2.24, 2.45) is 5.10 Å². The summed E-state index contributed by atoms with van der Waals surface area (Å²) < 4.78 is 5.16. The number of nitrogens with zero attached hydrogens (tertiary/aromatic N) is 3. The van der Waals surface area contributed by atoms with Crippen LogP contribution in [0.25, 0.3) is 0 Å². The Morgan fingerprint density at radius 2 is 2.00 bits per heavy atom. The lowest BCUT2D eigenvalue weighted by atomic mass is 10.3. The minimum absolute atomic E-state index is 0.147. The highest BCUT2D eigenvalue weighted by atomic mass is 16.5. The van der Waals surface area contributed by atoms with Gasteiger partial charge in [-0.25, -0.2) is 0 Å². The van der Waals surface area contributed by atoms with Gasteiger partial charge in [0.25, 0.3) is 5.91 Å². The molecule has 6 heteroatoms. The molecule has 1 aliphatic rings. The fourth-order valence-electron chi connectivity index (χ4n) is 1.67. The number of morpholine rings is 1. The highest BCUT2D eigenvalue weighted by Gasteiger charge is 2.21. The lowest BCUT2D eigenvalue weighted by Gasteiger charge is -2.25. The van der Waals surface area contributed by atoms with Crippen molar-refractivity contribution in [2.75, 3.05) is 31.7 Å². The van der Waals surface area contributed by atoms with Gasteiger partial charge in [0.1, 0.15) is 6.07 Å². The van der Waals surface area contributed by atoms with E-state index in [0.717, 1.165) is 5.69 Å². The molecule has 1 saturated heterocycles. The van der Waals surface area contributed by atoms with Gasteiger partial charge in [0.2, 0.25) is 5.71 Å². The van der Waals surface area contributed by atoms with Crippen LogP contribution in [0.2, 0.25) is 0 Å². The van der Waals surface area contributed by atoms with E-state index < -0.39 is 0 Å². The third-order valence-corrected chi connectivity index (χ3v) is 2.68. The third kappa shape index (κ3) is 3.53. The van der Waals surface area contributed by atoms with Crippen LogP contribution in [0.3, 0.4) is 0 Å². The lowest BCUT2D eigenvalue weighted by Crippen LogP contribution is -2.44. The van der Waals surface area contributed by atoms with Crippen molar-refractivity contribution in [3.05, 3.63) is 30.3 Å². The van der Waals surface area contributed by atoms with Gasteiger partial charge in [0, 0.05) is 13.1 Å². The number of nitriles is 1. The molecule has 0 saturated carbocycles. The topological polar surface area (TPSA) is 77.7 Å². The van der Waals surface area contributed by atoms with E-state index in [1.54, 1.807) is 17.0 Å². The predicted molar refractivity (Wildman–Crippen MR) is 70.5 cm³/mol. The average molecular weight is 258 g/mol. The summed E-state index contributed by atoms with van der Waals surface area (Å²) in [6.45, 7) is 1.98. The van der Waals surface area contributed by atoms with Gasteiger partial charge >= 0.3 is 0 Å². The number of carbonyl (C=O) groups excluding carboxylic acids is 1. The fourth-order valence-corrected chi connectivity index (χ4v) is 1.67. The Morgan fingerprint density at radius 1 is 1.32 bits per heavy atom. The average Bonchev–Trinajstić information content (AvgIpc) is 2.49. The smallest absolute Gasteiger partial charge is 0.285 e. The molecular weight excluding hydrogens is 244 g/mol. The monoisotopic (exact) mass is 258 g/mol. The maximum atomic E-state index is 12.0. The second-order valence-electron chi connectivity index (χ2n) is 3.95. The number of hydrogen-bond donors (Lipinski definition) is 1. The molecule has 0 bridgehead atoms. The van der Waals surface area contributed by atoms with Crippen molar-refractivity contribution < 1.29 is 9.53 Å². The van der Waals surface area contributed by atoms with Crippen LogP contribution in [0.5, 0.6) is 0 Å². The van der Waals surface area contributed by atoms with E-state index in [1.165, 1.54) is 0 Å². The molecule has 2 rings (SSSR count). The molecule has 0 aliphatic carbocycles. The minimum Gasteiger partial charge on any atom is -0.378 e. The Morgan fingerprint density at radius 3 is 2.63 bits per heavy atom. The summed E-state index contributed by atoms with van der Waals surface area (Å²) in [6, 6.07) is 11.0. The Labute approximate surface area is 111 Å². The van der Waals surface area contributed by atoms with E-state index in [4.69, 9.17) is 10.00 Å². The maximum absolute atomic E-state index is 12.0. The summed E-state index contributed by atoms with van der Waals surface area (Å²) in [4.78, 5) is 13.6. The molecule has 0 radical (unpaired) electrons. The van der Waals surface area contributed by atoms with Gasteiger partial charge in [-0.15, -0.1) is 0 Å². The number of carbonyl (C=O) groups is 1. The highest BCUT2D eigenvalue weighted by Crippen LogP contribution is 2.05. The zero-order valence-corrected chi connectivity index (χ0v) is 10.4. The molecular formula is C13H14N4O2. The molecule has 0 atom stereocenters. The van der Waals surface area contributed by atoms with Gasteiger partial charge in [0.05, 0.1) is 18.9 Å². The van der Waals surface area contributed by atoms with Crippen LogP contribution in [-0.4, -0.2) is 42.8 Å². The van der Waals surface area contributed by atoms with Crippen molar-refractivity contribution in [1.82, 2.24) is 4.90 Å². The van der Waals surface area contributed by atoms with E-state index in [9.17, 15) is 4.79 Å².